The van der Waals surface area contributed by atoms with Gasteiger partial charge < -0.3 is 19.7 Å². The maximum atomic E-state index is 13.1. The molecule has 1 saturated heterocycles. The largest absolute Gasteiger partial charge is 0.497 e. The monoisotopic (exact) mass is 439 g/mol. The Morgan fingerprint density at radius 2 is 1.66 bits per heavy atom. The summed E-state index contributed by atoms with van der Waals surface area (Å²) in [6, 6.07) is 11.1. The van der Waals surface area contributed by atoms with E-state index in [9.17, 15) is 13.2 Å². The Kier molecular flexibility index (Phi) is 6.51. The lowest BCUT2D eigenvalue weighted by Crippen LogP contribution is -2.51. The molecule has 0 saturated carbocycles. The number of urea groups is 1. The van der Waals surface area contributed by atoms with Gasteiger partial charge in [0.1, 0.15) is 16.4 Å². The number of hydrogen-bond donors (Lipinski definition) is 1. The van der Waals surface area contributed by atoms with Gasteiger partial charge in [0, 0.05) is 43.0 Å². The third-order valence-electron chi connectivity index (χ3n) is 4.61. The van der Waals surface area contributed by atoms with Gasteiger partial charge in [-0.05, 0) is 36.4 Å². The van der Waals surface area contributed by atoms with Crippen LogP contribution in [0.15, 0.2) is 47.4 Å². The first kappa shape index (κ1) is 21.2. The fraction of sp³-hybridized carbons (Fsp3) is 0.316. The van der Waals surface area contributed by atoms with Gasteiger partial charge in [0.25, 0.3) is 0 Å². The van der Waals surface area contributed by atoms with Gasteiger partial charge in [-0.1, -0.05) is 11.6 Å². The number of anilines is 1. The van der Waals surface area contributed by atoms with Crippen LogP contribution in [0.4, 0.5) is 10.5 Å². The summed E-state index contributed by atoms with van der Waals surface area (Å²) in [4.78, 5) is 14.1. The van der Waals surface area contributed by atoms with Crippen LogP contribution in [0.25, 0.3) is 0 Å². The molecule has 2 aromatic carbocycles. The first-order valence-electron chi connectivity index (χ1n) is 8.89. The highest BCUT2D eigenvalue weighted by Gasteiger charge is 2.32. The molecule has 1 N–H and O–H groups in total. The quantitative estimate of drug-likeness (QED) is 0.773. The van der Waals surface area contributed by atoms with Gasteiger partial charge in [0.05, 0.1) is 14.2 Å². The zero-order valence-corrected chi connectivity index (χ0v) is 17.7. The van der Waals surface area contributed by atoms with Gasteiger partial charge in [-0.3, -0.25) is 0 Å². The molecule has 0 aliphatic carbocycles. The molecule has 0 radical (unpaired) electrons. The fourth-order valence-corrected chi connectivity index (χ4v) is 4.71. The second-order valence-electron chi connectivity index (χ2n) is 6.34. The van der Waals surface area contributed by atoms with E-state index in [4.69, 9.17) is 21.1 Å². The highest BCUT2D eigenvalue weighted by Crippen LogP contribution is 2.31. The molecule has 29 heavy (non-hydrogen) atoms. The van der Waals surface area contributed by atoms with E-state index >= 15 is 0 Å². The Morgan fingerprint density at radius 3 is 2.24 bits per heavy atom. The average molecular weight is 440 g/mol. The predicted molar refractivity (Wildman–Crippen MR) is 110 cm³/mol. The van der Waals surface area contributed by atoms with Crippen molar-refractivity contribution in [1.82, 2.24) is 9.21 Å². The molecule has 156 valence electrons. The summed E-state index contributed by atoms with van der Waals surface area (Å²) in [5, 5.41) is 3.36. The van der Waals surface area contributed by atoms with Crippen molar-refractivity contribution in [3.8, 4) is 11.5 Å². The standard InChI is InChI=1S/C19H22ClN3O5S/c1-27-16-7-8-17(28-2)18(13-16)29(25,26)23-11-9-22(10-12-23)19(24)21-15-5-3-14(20)4-6-15/h3-8,13H,9-12H2,1-2H3,(H,21,24). The first-order chi connectivity index (χ1) is 13.8. The summed E-state index contributed by atoms with van der Waals surface area (Å²) >= 11 is 5.84. The number of methoxy groups -OCH3 is 2. The molecule has 1 heterocycles. The summed E-state index contributed by atoms with van der Waals surface area (Å²) in [7, 11) is -0.910. The summed E-state index contributed by atoms with van der Waals surface area (Å²) in [6.45, 7) is 0.892. The van der Waals surface area contributed by atoms with E-state index in [2.05, 4.69) is 5.32 Å². The molecular weight excluding hydrogens is 418 g/mol. The van der Waals surface area contributed by atoms with Crippen LogP contribution in [0.1, 0.15) is 0 Å². The van der Waals surface area contributed by atoms with E-state index in [1.54, 1.807) is 41.3 Å². The number of ether oxygens (including phenoxy) is 2. The maximum Gasteiger partial charge on any atom is 0.321 e. The number of piperazine rings is 1. The van der Waals surface area contributed by atoms with Crippen LogP contribution in [-0.2, 0) is 10.0 Å². The van der Waals surface area contributed by atoms with Gasteiger partial charge in [-0.2, -0.15) is 4.31 Å². The second-order valence-corrected chi connectivity index (χ2v) is 8.69. The van der Waals surface area contributed by atoms with Crippen molar-refractivity contribution < 1.29 is 22.7 Å². The van der Waals surface area contributed by atoms with Crippen LogP contribution in [0.2, 0.25) is 5.02 Å². The Balaban J connectivity index is 1.68. The molecular formula is C19H22ClN3O5S. The lowest BCUT2D eigenvalue weighted by atomic mass is 10.3. The number of hydrogen-bond acceptors (Lipinski definition) is 5. The van der Waals surface area contributed by atoms with Gasteiger partial charge >= 0.3 is 6.03 Å². The maximum absolute atomic E-state index is 13.1. The smallest absolute Gasteiger partial charge is 0.321 e. The van der Waals surface area contributed by atoms with Crippen molar-refractivity contribution >= 4 is 33.3 Å². The minimum Gasteiger partial charge on any atom is -0.497 e. The molecule has 10 heteroatoms. The van der Waals surface area contributed by atoms with Gasteiger partial charge in [-0.25, -0.2) is 13.2 Å². The Hall–Kier alpha value is -2.49. The minimum absolute atomic E-state index is 0.0402. The van der Waals surface area contributed by atoms with E-state index < -0.39 is 10.0 Å². The third kappa shape index (κ3) is 4.75. The van der Waals surface area contributed by atoms with Crippen LogP contribution < -0.4 is 14.8 Å². The van der Waals surface area contributed by atoms with Crippen LogP contribution in [-0.4, -0.2) is 64.1 Å². The SMILES string of the molecule is COc1ccc(OC)c(S(=O)(=O)N2CCN(C(=O)Nc3ccc(Cl)cc3)CC2)c1. The van der Waals surface area contributed by atoms with E-state index in [1.165, 1.54) is 24.6 Å². The average Bonchev–Trinajstić information content (AvgIpc) is 2.74. The van der Waals surface area contributed by atoms with E-state index in [0.717, 1.165) is 0 Å². The topological polar surface area (TPSA) is 88.2 Å². The third-order valence-corrected chi connectivity index (χ3v) is 6.78. The summed E-state index contributed by atoms with van der Waals surface area (Å²) < 4.78 is 37.9. The van der Waals surface area contributed by atoms with E-state index in [0.29, 0.717) is 16.5 Å². The Morgan fingerprint density at radius 1 is 1.00 bits per heavy atom. The number of amides is 2. The number of nitrogens with one attached hydrogen (secondary N) is 1. The van der Waals surface area contributed by atoms with Crippen LogP contribution in [0.5, 0.6) is 11.5 Å². The molecule has 0 bridgehead atoms. The number of rotatable bonds is 5. The molecule has 1 aliphatic rings. The second kappa shape index (κ2) is 8.89. The fourth-order valence-electron chi connectivity index (χ4n) is 2.99. The lowest BCUT2D eigenvalue weighted by molar-refractivity contribution is 0.184. The van der Waals surface area contributed by atoms with Crippen molar-refractivity contribution in [3.63, 3.8) is 0 Å². The van der Waals surface area contributed by atoms with Crippen molar-refractivity contribution in [3.05, 3.63) is 47.5 Å². The van der Waals surface area contributed by atoms with Crippen molar-refractivity contribution in [2.75, 3.05) is 45.7 Å². The van der Waals surface area contributed by atoms with Crippen LogP contribution in [0.3, 0.4) is 0 Å². The molecule has 0 unspecified atom stereocenters. The molecule has 8 nitrogen and oxygen atoms in total. The summed E-state index contributed by atoms with van der Waals surface area (Å²) in [5.74, 6) is 0.666. The lowest BCUT2D eigenvalue weighted by Gasteiger charge is -2.34. The zero-order chi connectivity index (χ0) is 21.0. The van der Waals surface area contributed by atoms with Crippen molar-refractivity contribution in [2.24, 2.45) is 0 Å². The normalized spacial score (nSPS) is 15.1. The van der Waals surface area contributed by atoms with Gasteiger partial charge in [-0.15, -0.1) is 0 Å². The summed E-state index contributed by atoms with van der Waals surface area (Å²) in [6.07, 6.45) is 0. The number of halogens is 1. The number of nitrogens with zero attached hydrogens (tertiary/aromatic N) is 2. The Labute approximate surface area is 175 Å². The van der Waals surface area contributed by atoms with Crippen LogP contribution in [0, 0.1) is 0 Å². The molecule has 3 rings (SSSR count). The molecule has 0 atom stereocenters. The molecule has 1 aliphatic heterocycles. The number of sulfonamides is 1. The predicted octanol–water partition coefficient (Wildman–Crippen LogP) is 2.90. The van der Waals surface area contributed by atoms with Crippen LogP contribution >= 0.6 is 11.6 Å². The van der Waals surface area contributed by atoms with Crippen molar-refractivity contribution in [1.29, 1.82) is 0 Å². The number of carbonyl (C=O) groups excluding carboxylic acids is 1. The molecule has 2 amide bonds. The summed E-state index contributed by atoms with van der Waals surface area (Å²) in [5.41, 5.74) is 0.621. The Bertz CT molecular complexity index is 974. The molecule has 0 aromatic heterocycles. The molecule has 0 spiro atoms. The van der Waals surface area contributed by atoms with Gasteiger partial charge in [0.2, 0.25) is 10.0 Å². The first-order valence-corrected chi connectivity index (χ1v) is 10.7. The minimum atomic E-state index is -3.79. The zero-order valence-electron chi connectivity index (χ0n) is 16.1. The number of benzene rings is 2. The number of carbonyl (C=O) groups is 1. The van der Waals surface area contributed by atoms with Gasteiger partial charge in [0.15, 0.2) is 0 Å². The highest BCUT2D eigenvalue weighted by molar-refractivity contribution is 7.89. The highest BCUT2D eigenvalue weighted by atomic mass is 35.5. The molecule has 2 aromatic rings. The molecule has 1 fully saturated rings. The van der Waals surface area contributed by atoms with E-state index in [1.807, 2.05) is 0 Å². The van der Waals surface area contributed by atoms with Crippen molar-refractivity contribution in [2.45, 2.75) is 4.90 Å². The van der Waals surface area contributed by atoms with E-state index in [-0.39, 0.29) is 42.9 Å².